The Kier molecular flexibility index (Phi) is 34.9. The summed E-state index contributed by atoms with van der Waals surface area (Å²) >= 11 is 4.18. The van der Waals surface area contributed by atoms with E-state index in [1.54, 1.807) is 0 Å². The molecule has 0 bridgehead atoms. The molecule has 0 fully saturated rings. The summed E-state index contributed by atoms with van der Waals surface area (Å²) in [6.07, 6.45) is 33.7. The Labute approximate surface area is 284 Å². The van der Waals surface area contributed by atoms with Gasteiger partial charge in [-0.1, -0.05) is 168 Å². The molecule has 0 aliphatic rings. The lowest BCUT2D eigenvalue weighted by Gasteiger charge is -2.20. The lowest BCUT2D eigenvalue weighted by molar-refractivity contribution is -0.159. The molecule has 266 valence electrons. The van der Waals surface area contributed by atoms with Gasteiger partial charge in [-0.2, -0.15) is 12.6 Å². The minimum atomic E-state index is -0.614. The molecule has 1 N–H and O–H groups in total. The highest BCUT2D eigenvalue weighted by atomic mass is 32.1. The fraction of sp³-hybridized carbons (Fsp3) is 0.921. The highest BCUT2D eigenvalue weighted by molar-refractivity contribution is 7.80. The van der Waals surface area contributed by atoms with Crippen LogP contribution in [0.4, 0.5) is 0 Å². The molecular formula is C38H73NO5S. The predicted octanol–water partition coefficient (Wildman–Crippen LogP) is 10.5. The molecule has 0 rings (SSSR count). The van der Waals surface area contributed by atoms with E-state index in [1.165, 1.54) is 128 Å². The number of nitrogens with one attached hydrogen (secondary N) is 1. The summed E-state index contributed by atoms with van der Waals surface area (Å²) in [7, 11) is 0. The number of ether oxygens (including phenoxy) is 2. The number of aldehydes is 1. The van der Waals surface area contributed by atoms with Gasteiger partial charge in [0.05, 0.1) is 6.04 Å². The number of thiol groups is 1. The van der Waals surface area contributed by atoms with Gasteiger partial charge in [-0.3, -0.25) is 9.59 Å². The molecule has 0 saturated heterocycles. The fourth-order valence-electron chi connectivity index (χ4n) is 5.65. The van der Waals surface area contributed by atoms with Crippen molar-refractivity contribution in [1.82, 2.24) is 5.32 Å². The van der Waals surface area contributed by atoms with E-state index in [9.17, 15) is 14.4 Å². The van der Waals surface area contributed by atoms with Crippen LogP contribution in [-0.2, 0) is 23.9 Å². The van der Waals surface area contributed by atoms with Crippen LogP contribution in [0.5, 0.6) is 0 Å². The average molecular weight is 656 g/mol. The zero-order valence-corrected chi connectivity index (χ0v) is 30.5. The normalized spacial score (nSPS) is 12.6. The van der Waals surface area contributed by atoms with Crippen molar-refractivity contribution in [2.75, 3.05) is 18.9 Å². The van der Waals surface area contributed by atoms with Crippen molar-refractivity contribution < 1.29 is 23.9 Å². The summed E-state index contributed by atoms with van der Waals surface area (Å²) < 4.78 is 11.1. The van der Waals surface area contributed by atoms with E-state index in [2.05, 4.69) is 31.8 Å². The molecule has 7 heteroatoms. The smallest absolute Gasteiger partial charge is 0.306 e. The minimum absolute atomic E-state index is 0.00672. The quantitative estimate of drug-likeness (QED) is 0.0302. The first kappa shape index (κ1) is 43.9. The molecule has 45 heavy (non-hydrogen) atoms. The van der Waals surface area contributed by atoms with Crippen LogP contribution < -0.4 is 5.32 Å². The van der Waals surface area contributed by atoms with Crippen LogP contribution in [-0.4, -0.2) is 49.3 Å². The van der Waals surface area contributed by atoms with E-state index in [0.29, 0.717) is 18.6 Å². The number of hydrogen-bond acceptors (Lipinski definition) is 7. The van der Waals surface area contributed by atoms with Crippen molar-refractivity contribution in [3.05, 3.63) is 0 Å². The second-order valence-corrected chi connectivity index (χ2v) is 13.5. The van der Waals surface area contributed by atoms with E-state index in [4.69, 9.17) is 9.47 Å². The Bertz CT molecular complexity index is 662. The maximum atomic E-state index is 12.5. The SMILES string of the molecule is CCCCCCCCCCCCCCCC(=O)OCC(CN[C@H](C=O)CS)OC(=O)CCCCCCCCCCCCCCC. The van der Waals surface area contributed by atoms with Gasteiger partial charge >= 0.3 is 11.9 Å². The Hall–Kier alpha value is -1.08. The second kappa shape index (κ2) is 35.8. The number of esters is 2. The summed E-state index contributed by atoms with van der Waals surface area (Å²) in [6.45, 7) is 4.78. The van der Waals surface area contributed by atoms with Crippen LogP contribution in [0.1, 0.15) is 194 Å². The third kappa shape index (κ3) is 32.6. The second-order valence-electron chi connectivity index (χ2n) is 13.1. The number of hydrogen-bond donors (Lipinski definition) is 2. The van der Waals surface area contributed by atoms with Gasteiger partial charge in [0.1, 0.15) is 19.0 Å². The highest BCUT2D eigenvalue weighted by Gasteiger charge is 2.18. The third-order valence-electron chi connectivity index (χ3n) is 8.67. The molecule has 0 radical (unpaired) electrons. The Morgan fingerprint density at radius 3 is 1.29 bits per heavy atom. The van der Waals surface area contributed by atoms with Crippen molar-refractivity contribution in [3.63, 3.8) is 0 Å². The van der Waals surface area contributed by atoms with Crippen LogP contribution in [0.15, 0.2) is 0 Å². The van der Waals surface area contributed by atoms with Crippen LogP contribution >= 0.6 is 12.6 Å². The topological polar surface area (TPSA) is 81.7 Å². The van der Waals surface area contributed by atoms with Crippen LogP contribution in [0.25, 0.3) is 0 Å². The molecule has 2 atom stereocenters. The molecule has 0 saturated carbocycles. The summed E-state index contributed by atoms with van der Waals surface area (Å²) in [5.74, 6) is -0.176. The van der Waals surface area contributed by atoms with Crippen LogP contribution in [0.3, 0.4) is 0 Å². The molecule has 1 unspecified atom stereocenters. The Morgan fingerprint density at radius 2 is 0.933 bits per heavy atom. The highest BCUT2D eigenvalue weighted by Crippen LogP contribution is 2.15. The minimum Gasteiger partial charge on any atom is -0.462 e. The monoisotopic (exact) mass is 656 g/mol. The summed E-state index contributed by atoms with van der Waals surface area (Å²) in [4.78, 5) is 36.0. The average Bonchev–Trinajstić information content (AvgIpc) is 3.04. The fourth-order valence-corrected chi connectivity index (χ4v) is 5.87. The molecule has 0 spiro atoms. The first-order valence-corrected chi connectivity index (χ1v) is 19.8. The van der Waals surface area contributed by atoms with Crippen molar-refractivity contribution in [1.29, 1.82) is 0 Å². The van der Waals surface area contributed by atoms with E-state index in [1.807, 2.05) is 0 Å². The standard InChI is InChI=1S/C38H73NO5S/c1-3-5-7-9-11-13-15-17-19-21-23-25-27-29-37(41)43-33-36(31-39-35(32-40)34-45)44-38(42)30-28-26-24-22-20-18-16-14-12-10-8-6-4-2/h32,35-36,39,45H,3-31,33-34H2,1-2H3/t35-,36?/m1/s1. The van der Waals surface area contributed by atoms with Gasteiger partial charge in [0, 0.05) is 25.1 Å². The summed E-state index contributed by atoms with van der Waals surface area (Å²) in [6, 6.07) is -0.433. The van der Waals surface area contributed by atoms with Gasteiger partial charge in [0.15, 0.2) is 0 Å². The largest absolute Gasteiger partial charge is 0.462 e. The number of unbranched alkanes of at least 4 members (excludes halogenated alkanes) is 24. The lowest BCUT2D eigenvalue weighted by atomic mass is 10.0. The van der Waals surface area contributed by atoms with Crippen molar-refractivity contribution >= 4 is 30.9 Å². The van der Waals surface area contributed by atoms with Gasteiger partial charge in [-0.05, 0) is 12.8 Å². The zero-order chi connectivity index (χ0) is 33.1. The van der Waals surface area contributed by atoms with Crippen LogP contribution in [0, 0.1) is 0 Å². The Balaban J connectivity index is 4.01. The first-order valence-electron chi connectivity index (χ1n) is 19.2. The van der Waals surface area contributed by atoms with Gasteiger partial charge < -0.3 is 19.6 Å². The summed E-state index contributed by atoms with van der Waals surface area (Å²) in [5, 5.41) is 3.05. The van der Waals surface area contributed by atoms with Gasteiger partial charge in [-0.15, -0.1) is 0 Å². The third-order valence-corrected chi connectivity index (χ3v) is 9.06. The van der Waals surface area contributed by atoms with E-state index in [-0.39, 0.29) is 25.1 Å². The van der Waals surface area contributed by atoms with Crippen LogP contribution in [0.2, 0.25) is 0 Å². The van der Waals surface area contributed by atoms with Gasteiger partial charge in [0.25, 0.3) is 0 Å². The number of carbonyl (C=O) groups excluding carboxylic acids is 3. The van der Waals surface area contributed by atoms with E-state index in [0.717, 1.165) is 44.8 Å². The first-order chi connectivity index (χ1) is 22.1. The van der Waals surface area contributed by atoms with Crippen molar-refractivity contribution in [3.8, 4) is 0 Å². The van der Waals surface area contributed by atoms with Crippen molar-refractivity contribution in [2.45, 2.75) is 206 Å². The lowest BCUT2D eigenvalue weighted by Crippen LogP contribution is -2.41. The molecule has 0 aliphatic heterocycles. The predicted molar refractivity (Wildman–Crippen MR) is 193 cm³/mol. The zero-order valence-electron chi connectivity index (χ0n) is 29.6. The maximum absolute atomic E-state index is 12.5. The van der Waals surface area contributed by atoms with Gasteiger partial charge in [-0.25, -0.2) is 0 Å². The number of rotatable bonds is 36. The van der Waals surface area contributed by atoms with Gasteiger partial charge in [0.2, 0.25) is 0 Å². The molecule has 0 aromatic carbocycles. The molecular weight excluding hydrogens is 582 g/mol. The molecule has 0 aromatic heterocycles. The maximum Gasteiger partial charge on any atom is 0.306 e. The van der Waals surface area contributed by atoms with Crippen molar-refractivity contribution in [2.24, 2.45) is 0 Å². The Morgan fingerprint density at radius 1 is 0.578 bits per heavy atom. The molecule has 0 amide bonds. The summed E-state index contributed by atoms with van der Waals surface area (Å²) in [5.41, 5.74) is 0. The van der Waals surface area contributed by atoms with E-state index >= 15 is 0 Å². The molecule has 6 nitrogen and oxygen atoms in total. The number of carbonyl (C=O) groups is 3. The van der Waals surface area contributed by atoms with E-state index < -0.39 is 12.1 Å². The molecule has 0 heterocycles. The molecule has 0 aromatic rings. The molecule has 0 aliphatic carbocycles.